The standard InChI is InChI=1S/C26H25N2O2/c1-30-20-12-9-18(10-13-20)19-11-14-21-24(15-19)28(16-17-5-2-3-6-17)23-8-4-7-22(25(21)23)26(27)29/h4,7-13,15,17H,2-3,5-6,16H2,1H3,(H2,27,29). The lowest BCUT2D eigenvalue weighted by molar-refractivity contribution is 0.100. The predicted octanol–water partition coefficient (Wildman–Crippen LogP) is 5.56. The fourth-order valence-corrected chi connectivity index (χ4v) is 4.86. The summed E-state index contributed by atoms with van der Waals surface area (Å²) < 4.78 is 7.66. The van der Waals surface area contributed by atoms with Gasteiger partial charge in [0.15, 0.2) is 0 Å². The van der Waals surface area contributed by atoms with Gasteiger partial charge in [0.05, 0.1) is 12.6 Å². The maximum Gasteiger partial charge on any atom is 0.249 e. The van der Waals surface area contributed by atoms with Crippen LogP contribution in [0.3, 0.4) is 0 Å². The molecule has 0 atom stereocenters. The van der Waals surface area contributed by atoms with Crippen LogP contribution in [-0.4, -0.2) is 17.6 Å². The van der Waals surface area contributed by atoms with Crippen LogP contribution in [0, 0.1) is 12.0 Å². The van der Waals surface area contributed by atoms with E-state index in [2.05, 4.69) is 34.9 Å². The molecule has 1 aliphatic carbocycles. The van der Waals surface area contributed by atoms with Crippen LogP contribution in [0.4, 0.5) is 0 Å². The third kappa shape index (κ3) is 3.13. The SMILES string of the molecule is COc1ccc(-c2c[c]c3c4c(C(N)=O)cccc4n(CC4CCCC4)c3c2)cc1. The molecule has 1 aliphatic rings. The molecule has 4 heteroatoms. The van der Waals surface area contributed by atoms with E-state index < -0.39 is 5.91 Å². The van der Waals surface area contributed by atoms with Crippen molar-refractivity contribution in [1.82, 2.24) is 4.57 Å². The van der Waals surface area contributed by atoms with E-state index in [1.807, 2.05) is 30.3 Å². The van der Waals surface area contributed by atoms with Crippen LogP contribution in [0.1, 0.15) is 36.0 Å². The molecule has 1 amide bonds. The average Bonchev–Trinajstić information content (AvgIpc) is 3.40. The van der Waals surface area contributed by atoms with Crippen LogP contribution in [0.15, 0.2) is 54.6 Å². The summed E-state index contributed by atoms with van der Waals surface area (Å²) in [5.41, 5.74) is 10.7. The molecule has 4 nitrogen and oxygen atoms in total. The molecular weight excluding hydrogens is 372 g/mol. The number of amides is 1. The van der Waals surface area contributed by atoms with Crippen molar-refractivity contribution >= 4 is 27.7 Å². The minimum absolute atomic E-state index is 0.395. The van der Waals surface area contributed by atoms with Crippen molar-refractivity contribution in [2.75, 3.05) is 7.11 Å². The number of ether oxygens (including phenoxy) is 1. The van der Waals surface area contributed by atoms with Gasteiger partial charge in [-0.15, -0.1) is 0 Å². The zero-order valence-electron chi connectivity index (χ0n) is 17.2. The molecule has 0 unspecified atom stereocenters. The van der Waals surface area contributed by atoms with Crippen LogP contribution in [0.5, 0.6) is 5.75 Å². The molecule has 4 aromatic rings. The zero-order valence-corrected chi connectivity index (χ0v) is 17.2. The second-order valence-electron chi connectivity index (χ2n) is 8.20. The number of hydrogen-bond acceptors (Lipinski definition) is 2. The lowest BCUT2D eigenvalue weighted by Crippen LogP contribution is -2.11. The van der Waals surface area contributed by atoms with Gasteiger partial charge >= 0.3 is 0 Å². The van der Waals surface area contributed by atoms with Crippen molar-refractivity contribution in [1.29, 1.82) is 0 Å². The molecule has 0 aliphatic heterocycles. The summed E-state index contributed by atoms with van der Waals surface area (Å²) in [5.74, 6) is 1.11. The van der Waals surface area contributed by atoms with E-state index in [1.54, 1.807) is 7.11 Å². The van der Waals surface area contributed by atoms with Gasteiger partial charge in [-0.3, -0.25) is 4.79 Å². The second-order valence-corrected chi connectivity index (χ2v) is 8.20. The predicted molar refractivity (Wildman–Crippen MR) is 121 cm³/mol. The molecule has 0 saturated heterocycles. The quantitative estimate of drug-likeness (QED) is 0.479. The Bertz CT molecular complexity index is 1230. The molecule has 5 rings (SSSR count). The highest BCUT2D eigenvalue weighted by Gasteiger charge is 2.21. The number of fused-ring (bicyclic) bond motifs is 3. The number of rotatable bonds is 5. The molecule has 151 valence electrons. The van der Waals surface area contributed by atoms with Gasteiger partial charge in [-0.05, 0) is 72.4 Å². The smallest absolute Gasteiger partial charge is 0.249 e. The van der Waals surface area contributed by atoms with E-state index in [0.29, 0.717) is 11.5 Å². The van der Waals surface area contributed by atoms with Crippen molar-refractivity contribution in [2.24, 2.45) is 11.7 Å². The fourth-order valence-electron chi connectivity index (χ4n) is 4.86. The largest absolute Gasteiger partial charge is 0.497 e. The number of nitrogens with two attached hydrogens (primary N) is 1. The summed E-state index contributed by atoms with van der Waals surface area (Å²) >= 11 is 0. The summed E-state index contributed by atoms with van der Waals surface area (Å²) in [6.07, 6.45) is 5.13. The van der Waals surface area contributed by atoms with Crippen molar-refractivity contribution in [3.8, 4) is 16.9 Å². The number of primary amides is 1. The first kappa shape index (κ1) is 18.7. The molecule has 1 fully saturated rings. The number of aromatic nitrogens is 1. The van der Waals surface area contributed by atoms with Gasteiger partial charge in [0.1, 0.15) is 5.75 Å². The normalized spacial score (nSPS) is 14.6. The van der Waals surface area contributed by atoms with E-state index in [0.717, 1.165) is 45.2 Å². The summed E-state index contributed by atoms with van der Waals surface area (Å²) in [6, 6.07) is 21.6. The van der Waals surface area contributed by atoms with Crippen molar-refractivity contribution < 1.29 is 9.53 Å². The second kappa shape index (κ2) is 7.52. The maximum absolute atomic E-state index is 12.1. The Morgan fingerprint density at radius 2 is 1.87 bits per heavy atom. The Morgan fingerprint density at radius 1 is 1.10 bits per heavy atom. The first-order chi connectivity index (χ1) is 14.7. The number of hydrogen-bond donors (Lipinski definition) is 1. The number of carbonyl (C=O) groups is 1. The molecule has 1 aromatic heterocycles. The Hall–Kier alpha value is -3.27. The van der Waals surface area contributed by atoms with Crippen LogP contribution in [-0.2, 0) is 6.54 Å². The minimum Gasteiger partial charge on any atom is -0.497 e. The van der Waals surface area contributed by atoms with E-state index >= 15 is 0 Å². The lowest BCUT2D eigenvalue weighted by atomic mass is 10.0. The third-order valence-electron chi connectivity index (χ3n) is 6.40. The summed E-state index contributed by atoms with van der Waals surface area (Å²) in [6.45, 7) is 0.960. The topological polar surface area (TPSA) is 57.2 Å². The van der Waals surface area contributed by atoms with E-state index in [1.165, 1.54) is 25.7 Å². The number of carbonyl (C=O) groups excluding carboxylic acids is 1. The Kier molecular flexibility index (Phi) is 4.70. The van der Waals surface area contributed by atoms with Crippen LogP contribution >= 0.6 is 0 Å². The number of methoxy groups -OCH3 is 1. The summed E-state index contributed by atoms with van der Waals surface area (Å²) in [7, 11) is 1.67. The monoisotopic (exact) mass is 397 g/mol. The van der Waals surface area contributed by atoms with E-state index in [-0.39, 0.29) is 0 Å². The van der Waals surface area contributed by atoms with Gasteiger partial charge < -0.3 is 15.0 Å². The highest BCUT2D eigenvalue weighted by molar-refractivity contribution is 6.18. The minimum atomic E-state index is -0.395. The van der Waals surface area contributed by atoms with Gasteiger partial charge in [0.25, 0.3) is 0 Å². The van der Waals surface area contributed by atoms with E-state index in [9.17, 15) is 4.79 Å². The summed E-state index contributed by atoms with van der Waals surface area (Å²) in [5, 5.41) is 1.88. The zero-order chi connectivity index (χ0) is 20.7. The summed E-state index contributed by atoms with van der Waals surface area (Å²) in [4.78, 5) is 12.1. The van der Waals surface area contributed by atoms with Crippen molar-refractivity contribution in [3.05, 3.63) is 66.2 Å². The van der Waals surface area contributed by atoms with E-state index in [4.69, 9.17) is 10.5 Å². The first-order valence-corrected chi connectivity index (χ1v) is 10.6. The molecule has 0 spiro atoms. The molecule has 3 aromatic carbocycles. The molecule has 1 saturated carbocycles. The molecular formula is C26H25N2O2. The van der Waals surface area contributed by atoms with Gasteiger partial charge in [-0.25, -0.2) is 0 Å². The molecule has 1 radical (unpaired) electrons. The van der Waals surface area contributed by atoms with Gasteiger partial charge in [-0.2, -0.15) is 0 Å². The Balaban J connectivity index is 1.73. The van der Waals surface area contributed by atoms with Gasteiger partial charge in [0, 0.05) is 28.4 Å². The average molecular weight is 397 g/mol. The molecule has 2 N–H and O–H groups in total. The lowest BCUT2D eigenvalue weighted by Gasteiger charge is -2.14. The van der Waals surface area contributed by atoms with Gasteiger partial charge in [-0.1, -0.05) is 31.0 Å². The number of benzene rings is 3. The fraction of sp³-hybridized carbons (Fsp3) is 0.269. The van der Waals surface area contributed by atoms with Crippen molar-refractivity contribution in [3.63, 3.8) is 0 Å². The van der Waals surface area contributed by atoms with Crippen LogP contribution < -0.4 is 10.5 Å². The van der Waals surface area contributed by atoms with Crippen molar-refractivity contribution in [2.45, 2.75) is 32.2 Å². The Morgan fingerprint density at radius 3 is 2.57 bits per heavy atom. The third-order valence-corrected chi connectivity index (χ3v) is 6.40. The Labute approximate surface area is 176 Å². The highest BCUT2D eigenvalue weighted by atomic mass is 16.5. The maximum atomic E-state index is 12.1. The first-order valence-electron chi connectivity index (χ1n) is 10.6. The molecule has 0 bridgehead atoms. The highest BCUT2D eigenvalue weighted by Crippen LogP contribution is 2.36. The molecule has 1 heterocycles. The van der Waals surface area contributed by atoms with Gasteiger partial charge in [0.2, 0.25) is 5.91 Å². The number of nitrogens with zero attached hydrogens (tertiary/aromatic N) is 1. The molecule has 30 heavy (non-hydrogen) atoms. The van der Waals surface area contributed by atoms with Crippen LogP contribution in [0.2, 0.25) is 0 Å². The van der Waals surface area contributed by atoms with Crippen LogP contribution in [0.25, 0.3) is 32.9 Å².